The van der Waals surface area contributed by atoms with E-state index in [1.165, 1.54) is 11.4 Å². The van der Waals surface area contributed by atoms with Crippen LogP contribution in [0.3, 0.4) is 0 Å². The number of allylic oxidation sites excluding steroid dienone is 1. The van der Waals surface area contributed by atoms with Crippen molar-refractivity contribution in [3.63, 3.8) is 0 Å². The highest BCUT2D eigenvalue weighted by molar-refractivity contribution is 7.88. The maximum Gasteiger partial charge on any atom is 0.222 e. The normalized spacial score (nSPS) is 23.5. The quantitative estimate of drug-likeness (QED) is 0.781. The molecule has 2 rings (SSSR count). The minimum Gasteiger partial charge on any atom is -0.394 e. The van der Waals surface area contributed by atoms with Gasteiger partial charge in [-0.1, -0.05) is 43.3 Å². The molecule has 0 radical (unpaired) electrons. The zero-order valence-electron chi connectivity index (χ0n) is 15.8. The van der Waals surface area contributed by atoms with Gasteiger partial charge in [-0.05, 0) is 18.1 Å². The molecule has 1 aromatic rings. The predicted molar refractivity (Wildman–Crippen MR) is 103 cm³/mol. The zero-order chi connectivity index (χ0) is 19.5. The van der Waals surface area contributed by atoms with E-state index in [-0.39, 0.29) is 37.1 Å². The second kappa shape index (κ2) is 8.33. The Hall–Kier alpha value is -1.70. The van der Waals surface area contributed by atoms with E-state index < -0.39 is 10.0 Å². The van der Waals surface area contributed by atoms with Gasteiger partial charge < -0.3 is 10.0 Å². The lowest BCUT2D eigenvalue weighted by Crippen LogP contribution is -2.68. The molecule has 1 amide bonds. The van der Waals surface area contributed by atoms with Gasteiger partial charge in [0.2, 0.25) is 15.9 Å². The average molecular weight is 381 g/mol. The number of aliphatic hydroxyl groups excluding tert-OH is 1. The second-order valence-corrected chi connectivity index (χ2v) is 8.80. The summed E-state index contributed by atoms with van der Waals surface area (Å²) in [5, 5.41) is 9.85. The SMILES string of the molecule is C/C=C/c1ccc([C@@H]2[C@@H](CO)N(C(=O)CC)[C@H]2CN(C)S(C)(=O)=O)cc1. The van der Waals surface area contributed by atoms with Crippen molar-refractivity contribution in [1.29, 1.82) is 0 Å². The molecule has 1 saturated heterocycles. The molecule has 144 valence electrons. The van der Waals surface area contributed by atoms with E-state index in [1.54, 1.807) is 11.8 Å². The highest BCUT2D eigenvalue weighted by atomic mass is 32.2. The van der Waals surface area contributed by atoms with E-state index in [2.05, 4.69) is 0 Å². The first-order valence-electron chi connectivity index (χ1n) is 8.80. The highest BCUT2D eigenvalue weighted by Crippen LogP contribution is 2.41. The van der Waals surface area contributed by atoms with E-state index in [0.717, 1.165) is 17.4 Å². The molecule has 0 saturated carbocycles. The summed E-state index contributed by atoms with van der Waals surface area (Å²) in [6, 6.07) is 7.35. The number of benzene rings is 1. The van der Waals surface area contributed by atoms with Crippen LogP contribution in [0.25, 0.3) is 6.08 Å². The molecule has 6 nitrogen and oxygen atoms in total. The van der Waals surface area contributed by atoms with Gasteiger partial charge >= 0.3 is 0 Å². The van der Waals surface area contributed by atoms with Gasteiger partial charge in [0.1, 0.15) is 0 Å². The number of sulfonamides is 1. The van der Waals surface area contributed by atoms with Crippen LogP contribution in [0.15, 0.2) is 30.3 Å². The summed E-state index contributed by atoms with van der Waals surface area (Å²) >= 11 is 0. The topological polar surface area (TPSA) is 77.9 Å². The largest absolute Gasteiger partial charge is 0.394 e. The van der Waals surface area contributed by atoms with E-state index in [0.29, 0.717) is 6.42 Å². The van der Waals surface area contributed by atoms with Crippen LogP contribution in [0.5, 0.6) is 0 Å². The molecular weight excluding hydrogens is 352 g/mol. The maximum absolute atomic E-state index is 12.4. The predicted octanol–water partition coefficient (Wildman–Crippen LogP) is 1.68. The van der Waals surface area contributed by atoms with Crippen molar-refractivity contribution in [3.8, 4) is 0 Å². The Morgan fingerprint density at radius 1 is 1.27 bits per heavy atom. The summed E-state index contributed by atoms with van der Waals surface area (Å²) < 4.78 is 24.9. The third-order valence-corrected chi connectivity index (χ3v) is 6.29. The van der Waals surface area contributed by atoms with Crippen molar-refractivity contribution >= 4 is 22.0 Å². The minimum atomic E-state index is -3.35. The van der Waals surface area contributed by atoms with E-state index in [4.69, 9.17) is 0 Å². The van der Waals surface area contributed by atoms with Crippen LogP contribution in [0.1, 0.15) is 37.3 Å². The van der Waals surface area contributed by atoms with Crippen LogP contribution >= 0.6 is 0 Å². The van der Waals surface area contributed by atoms with Gasteiger partial charge in [0.05, 0.1) is 24.9 Å². The molecule has 0 aromatic heterocycles. The fraction of sp³-hybridized carbons (Fsp3) is 0.526. The number of hydrogen-bond acceptors (Lipinski definition) is 4. The molecule has 0 aliphatic carbocycles. The van der Waals surface area contributed by atoms with Crippen molar-refractivity contribution in [2.45, 2.75) is 38.3 Å². The third-order valence-electron chi connectivity index (χ3n) is 5.01. The van der Waals surface area contributed by atoms with Crippen molar-refractivity contribution in [2.24, 2.45) is 0 Å². The molecule has 3 atom stereocenters. The van der Waals surface area contributed by atoms with E-state index >= 15 is 0 Å². The van der Waals surface area contributed by atoms with Crippen LogP contribution in [-0.2, 0) is 14.8 Å². The Morgan fingerprint density at radius 3 is 2.35 bits per heavy atom. The molecule has 7 heteroatoms. The molecule has 0 spiro atoms. The van der Waals surface area contributed by atoms with Crippen molar-refractivity contribution in [3.05, 3.63) is 41.5 Å². The molecule has 26 heavy (non-hydrogen) atoms. The van der Waals surface area contributed by atoms with Gasteiger partial charge in [-0.15, -0.1) is 0 Å². The Balaban J connectivity index is 2.34. The first-order valence-corrected chi connectivity index (χ1v) is 10.6. The Labute approximate surface area is 156 Å². The first kappa shape index (κ1) is 20.6. The lowest BCUT2D eigenvalue weighted by molar-refractivity contribution is -0.150. The van der Waals surface area contributed by atoms with E-state index in [1.807, 2.05) is 43.3 Å². The first-order chi connectivity index (χ1) is 12.2. The monoisotopic (exact) mass is 380 g/mol. The molecule has 1 aromatic carbocycles. The Bertz CT molecular complexity index is 758. The average Bonchev–Trinajstić information content (AvgIpc) is 2.58. The van der Waals surface area contributed by atoms with Crippen LogP contribution in [0.2, 0.25) is 0 Å². The summed E-state index contributed by atoms with van der Waals surface area (Å²) in [5.74, 6) is -0.169. The maximum atomic E-state index is 12.4. The molecule has 1 aliphatic rings. The molecule has 1 heterocycles. The number of hydrogen-bond donors (Lipinski definition) is 1. The number of nitrogens with zero attached hydrogens (tertiary/aromatic N) is 2. The lowest BCUT2D eigenvalue weighted by Gasteiger charge is -2.55. The molecule has 1 fully saturated rings. The van der Waals surface area contributed by atoms with Gasteiger partial charge in [-0.3, -0.25) is 4.79 Å². The zero-order valence-corrected chi connectivity index (χ0v) is 16.6. The van der Waals surface area contributed by atoms with Crippen molar-refractivity contribution in [2.75, 3.05) is 26.5 Å². The number of amides is 1. The smallest absolute Gasteiger partial charge is 0.222 e. The summed E-state index contributed by atoms with van der Waals surface area (Å²) in [6.45, 7) is 3.79. The van der Waals surface area contributed by atoms with Gasteiger partial charge in [0, 0.05) is 25.9 Å². The van der Waals surface area contributed by atoms with E-state index in [9.17, 15) is 18.3 Å². The number of likely N-dealkylation sites (N-methyl/N-ethyl adjacent to an activating group) is 1. The molecule has 1 N–H and O–H groups in total. The number of carbonyl (C=O) groups excluding carboxylic acids is 1. The number of carbonyl (C=O) groups is 1. The summed E-state index contributed by atoms with van der Waals surface area (Å²) in [5.41, 5.74) is 2.08. The Morgan fingerprint density at radius 2 is 1.88 bits per heavy atom. The fourth-order valence-corrected chi connectivity index (χ4v) is 3.99. The minimum absolute atomic E-state index is 0.0715. The summed E-state index contributed by atoms with van der Waals surface area (Å²) in [7, 11) is -1.83. The summed E-state index contributed by atoms with van der Waals surface area (Å²) in [6.07, 6.45) is 5.43. The Kier molecular flexibility index (Phi) is 6.60. The summed E-state index contributed by atoms with van der Waals surface area (Å²) in [4.78, 5) is 14.0. The van der Waals surface area contributed by atoms with Gasteiger partial charge in [-0.25, -0.2) is 12.7 Å². The van der Waals surface area contributed by atoms with Crippen LogP contribution in [0.4, 0.5) is 0 Å². The van der Waals surface area contributed by atoms with Gasteiger partial charge in [-0.2, -0.15) is 0 Å². The van der Waals surface area contributed by atoms with Crippen LogP contribution in [0, 0.1) is 0 Å². The second-order valence-electron chi connectivity index (χ2n) is 6.71. The highest BCUT2D eigenvalue weighted by Gasteiger charge is 2.51. The molecule has 0 unspecified atom stereocenters. The van der Waals surface area contributed by atoms with Crippen molar-refractivity contribution < 1.29 is 18.3 Å². The van der Waals surface area contributed by atoms with Crippen LogP contribution in [-0.4, -0.2) is 67.2 Å². The van der Waals surface area contributed by atoms with Gasteiger partial charge in [0.25, 0.3) is 0 Å². The number of aliphatic hydroxyl groups is 1. The van der Waals surface area contributed by atoms with Crippen molar-refractivity contribution in [1.82, 2.24) is 9.21 Å². The third kappa shape index (κ3) is 4.16. The lowest BCUT2D eigenvalue weighted by atomic mass is 9.74. The number of rotatable bonds is 7. The van der Waals surface area contributed by atoms with Gasteiger partial charge in [0.15, 0.2) is 0 Å². The van der Waals surface area contributed by atoms with Crippen LogP contribution < -0.4 is 0 Å². The molecular formula is C19H28N2O4S. The molecule has 1 aliphatic heterocycles. The fourth-order valence-electron chi connectivity index (χ4n) is 3.57. The number of likely N-dealkylation sites (tertiary alicyclic amines) is 1. The molecule has 0 bridgehead atoms. The standard InChI is InChI=1S/C19H28N2O4S/c1-5-7-14-8-10-15(11-9-14)19-16(12-20(3)26(4,24)25)21(17(19)13-22)18(23)6-2/h5,7-11,16-17,19,22H,6,12-13H2,1-4H3/b7-5+/t16-,17+,19-/m0/s1.